The number of nitrogens with one attached hydrogen (secondary N) is 2. The van der Waals surface area contributed by atoms with Crippen LogP contribution in [0.15, 0.2) is 18.2 Å². The van der Waals surface area contributed by atoms with Gasteiger partial charge in [0.2, 0.25) is 11.8 Å². The van der Waals surface area contributed by atoms with Gasteiger partial charge in [-0.25, -0.2) is 0 Å². The Labute approximate surface area is 164 Å². The molecule has 0 aliphatic heterocycles. The molecule has 0 aromatic heterocycles. The molecule has 1 rings (SSSR count). The van der Waals surface area contributed by atoms with Crippen molar-refractivity contribution in [2.24, 2.45) is 0 Å². The van der Waals surface area contributed by atoms with Crippen molar-refractivity contribution in [3.63, 3.8) is 0 Å². The molecule has 0 atom stereocenters. The fraction of sp³-hybridized carbons (Fsp3) is 0.579. The summed E-state index contributed by atoms with van der Waals surface area (Å²) in [6, 6.07) is 4.63. The van der Waals surface area contributed by atoms with E-state index in [1.54, 1.807) is 24.1 Å². The van der Waals surface area contributed by atoms with Crippen molar-refractivity contribution in [2.75, 3.05) is 33.8 Å². The zero-order valence-electron chi connectivity index (χ0n) is 17.0. The third-order valence-electron chi connectivity index (χ3n) is 3.52. The monoisotopic (exact) mass is 401 g/mol. The number of rotatable bonds is 10. The Bertz CT molecular complexity index is 663. The van der Waals surface area contributed by atoms with E-state index in [2.05, 4.69) is 15.4 Å². The molecule has 1 aromatic rings. The van der Waals surface area contributed by atoms with E-state index in [0.717, 1.165) is 5.56 Å². The highest BCUT2D eigenvalue weighted by atomic mass is 19.3. The maximum atomic E-state index is 12.3. The summed E-state index contributed by atoms with van der Waals surface area (Å²) >= 11 is 0. The number of ether oxygens (including phenoxy) is 2. The molecule has 0 radical (unpaired) electrons. The number of carbonyl (C=O) groups is 2. The van der Waals surface area contributed by atoms with Gasteiger partial charge in [-0.05, 0) is 51.9 Å². The van der Waals surface area contributed by atoms with Crippen molar-refractivity contribution in [2.45, 2.75) is 39.3 Å². The van der Waals surface area contributed by atoms with Crippen LogP contribution in [-0.2, 0) is 16.0 Å². The van der Waals surface area contributed by atoms with Crippen LogP contribution in [0.4, 0.5) is 8.78 Å². The number of halogens is 2. The number of likely N-dealkylation sites (N-methyl/N-ethyl adjacent to an activating group) is 1. The first-order valence-electron chi connectivity index (χ1n) is 8.88. The summed E-state index contributed by atoms with van der Waals surface area (Å²) in [7, 11) is 3.05. The second-order valence-corrected chi connectivity index (χ2v) is 7.43. The van der Waals surface area contributed by atoms with Crippen LogP contribution in [0.1, 0.15) is 26.3 Å². The molecule has 0 aliphatic carbocycles. The number of methoxy groups -OCH3 is 1. The lowest BCUT2D eigenvalue weighted by Gasteiger charge is -2.23. The van der Waals surface area contributed by atoms with Gasteiger partial charge in [0.1, 0.15) is 0 Å². The average Bonchev–Trinajstić information content (AvgIpc) is 2.53. The fourth-order valence-electron chi connectivity index (χ4n) is 2.47. The summed E-state index contributed by atoms with van der Waals surface area (Å²) in [5.41, 5.74) is 0.480. The second-order valence-electron chi connectivity index (χ2n) is 7.43. The number of carbonyl (C=O) groups excluding carboxylic acids is 2. The Balaban J connectivity index is 2.42. The summed E-state index contributed by atoms with van der Waals surface area (Å²) in [4.78, 5) is 25.5. The second kappa shape index (κ2) is 10.8. The van der Waals surface area contributed by atoms with Gasteiger partial charge in [-0.1, -0.05) is 6.07 Å². The van der Waals surface area contributed by atoms with Gasteiger partial charge in [-0.2, -0.15) is 8.78 Å². The maximum absolute atomic E-state index is 12.3. The molecule has 0 unspecified atom stereocenters. The van der Waals surface area contributed by atoms with E-state index in [-0.39, 0.29) is 41.9 Å². The molecule has 158 valence electrons. The number of benzene rings is 1. The van der Waals surface area contributed by atoms with Crippen LogP contribution >= 0.6 is 0 Å². The van der Waals surface area contributed by atoms with Gasteiger partial charge in [-0.15, -0.1) is 0 Å². The number of nitrogens with zero attached hydrogens (tertiary/aromatic N) is 1. The van der Waals surface area contributed by atoms with Crippen LogP contribution in [-0.4, -0.2) is 62.7 Å². The van der Waals surface area contributed by atoms with Gasteiger partial charge in [0, 0.05) is 12.1 Å². The molecule has 0 spiro atoms. The molecule has 2 N–H and O–H groups in total. The highest BCUT2D eigenvalue weighted by Gasteiger charge is 2.16. The first kappa shape index (κ1) is 23.6. The standard InChI is InChI=1S/C19H29F2N3O4/c1-19(2,3)23-17(26)12-24(4)11-16(25)22-9-8-13-6-7-14(28-18(20)21)15(10-13)27-5/h6-7,10,18H,8-9,11-12H2,1-5H3,(H,22,25)(H,23,26). The Morgan fingerprint density at radius 3 is 2.36 bits per heavy atom. The number of hydrogen-bond donors (Lipinski definition) is 2. The summed E-state index contributed by atoms with van der Waals surface area (Å²) in [5, 5.41) is 5.60. The van der Waals surface area contributed by atoms with Gasteiger partial charge in [0.15, 0.2) is 11.5 Å². The molecule has 28 heavy (non-hydrogen) atoms. The van der Waals surface area contributed by atoms with Crippen LogP contribution in [0, 0.1) is 0 Å². The SMILES string of the molecule is COc1cc(CCNC(=O)CN(C)CC(=O)NC(C)(C)C)ccc1OC(F)F. The largest absolute Gasteiger partial charge is 0.493 e. The third-order valence-corrected chi connectivity index (χ3v) is 3.52. The van der Waals surface area contributed by atoms with Crippen LogP contribution in [0.25, 0.3) is 0 Å². The lowest BCUT2D eigenvalue weighted by atomic mass is 10.1. The van der Waals surface area contributed by atoms with E-state index in [4.69, 9.17) is 4.74 Å². The molecule has 0 bridgehead atoms. The lowest BCUT2D eigenvalue weighted by Crippen LogP contribution is -2.46. The predicted octanol–water partition coefficient (Wildman–Crippen LogP) is 1.80. The van der Waals surface area contributed by atoms with Crippen LogP contribution < -0.4 is 20.1 Å². The Morgan fingerprint density at radius 2 is 1.79 bits per heavy atom. The smallest absolute Gasteiger partial charge is 0.387 e. The van der Waals surface area contributed by atoms with Crippen molar-refractivity contribution in [3.05, 3.63) is 23.8 Å². The van der Waals surface area contributed by atoms with Crippen LogP contribution in [0.2, 0.25) is 0 Å². The quantitative estimate of drug-likeness (QED) is 0.625. The molecule has 7 nitrogen and oxygen atoms in total. The molecule has 0 aliphatic rings. The van der Waals surface area contributed by atoms with Crippen LogP contribution in [0.3, 0.4) is 0 Å². The highest BCUT2D eigenvalue weighted by Crippen LogP contribution is 2.29. The van der Waals surface area contributed by atoms with Crippen molar-refractivity contribution in [1.82, 2.24) is 15.5 Å². The fourth-order valence-corrected chi connectivity index (χ4v) is 2.47. The zero-order chi connectivity index (χ0) is 21.3. The third kappa shape index (κ3) is 9.50. The van der Waals surface area contributed by atoms with Crippen LogP contribution in [0.5, 0.6) is 11.5 Å². The highest BCUT2D eigenvalue weighted by molar-refractivity contribution is 5.81. The van der Waals surface area contributed by atoms with E-state index in [1.807, 2.05) is 20.8 Å². The minimum atomic E-state index is -2.93. The Kier molecular flexibility index (Phi) is 9.11. The number of amides is 2. The number of hydrogen-bond acceptors (Lipinski definition) is 5. The molecule has 9 heteroatoms. The summed E-state index contributed by atoms with van der Waals surface area (Å²) in [5.74, 6) is -0.203. The van der Waals surface area contributed by atoms with Crippen molar-refractivity contribution >= 4 is 11.8 Å². The lowest BCUT2D eigenvalue weighted by molar-refractivity contribution is -0.125. The molecule has 0 heterocycles. The Hall–Kier alpha value is -2.42. The molecule has 0 fully saturated rings. The van der Waals surface area contributed by atoms with Gasteiger partial charge in [-0.3, -0.25) is 14.5 Å². The molecule has 0 saturated carbocycles. The minimum Gasteiger partial charge on any atom is -0.493 e. The van der Waals surface area contributed by atoms with E-state index < -0.39 is 6.61 Å². The van der Waals surface area contributed by atoms with Gasteiger partial charge >= 0.3 is 6.61 Å². The molecular weight excluding hydrogens is 372 g/mol. The van der Waals surface area contributed by atoms with Gasteiger partial charge in [0.05, 0.1) is 20.2 Å². The summed E-state index contributed by atoms with van der Waals surface area (Å²) < 4.78 is 34.1. The van der Waals surface area contributed by atoms with Crippen molar-refractivity contribution in [1.29, 1.82) is 0 Å². The maximum Gasteiger partial charge on any atom is 0.387 e. The van der Waals surface area contributed by atoms with Gasteiger partial charge in [0.25, 0.3) is 0 Å². The van der Waals surface area contributed by atoms with E-state index in [1.165, 1.54) is 13.2 Å². The topological polar surface area (TPSA) is 79.9 Å². The minimum absolute atomic E-state index is 0.0413. The molecule has 0 saturated heterocycles. The molecule has 1 aromatic carbocycles. The zero-order valence-corrected chi connectivity index (χ0v) is 17.0. The normalized spacial score (nSPS) is 11.5. The molecule has 2 amide bonds. The van der Waals surface area contributed by atoms with Gasteiger partial charge < -0.3 is 20.1 Å². The van der Waals surface area contributed by atoms with Crippen molar-refractivity contribution in [3.8, 4) is 11.5 Å². The number of alkyl halides is 2. The van der Waals surface area contributed by atoms with Crippen molar-refractivity contribution < 1.29 is 27.8 Å². The summed E-state index contributed by atoms with van der Waals surface area (Å²) in [6.45, 7) is 3.30. The average molecular weight is 401 g/mol. The first-order chi connectivity index (χ1) is 13.0. The summed E-state index contributed by atoms with van der Waals surface area (Å²) in [6.07, 6.45) is 0.491. The molecular formula is C19H29F2N3O4. The van der Waals surface area contributed by atoms with E-state index in [0.29, 0.717) is 13.0 Å². The first-order valence-corrected chi connectivity index (χ1v) is 8.88. The van der Waals surface area contributed by atoms with E-state index >= 15 is 0 Å². The van der Waals surface area contributed by atoms with E-state index in [9.17, 15) is 18.4 Å². The predicted molar refractivity (Wildman–Crippen MR) is 102 cm³/mol. The Morgan fingerprint density at radius 1 is 1.14 bits per heavy atom.